The Labute approximate surface area is 163 Å². The number of hydrogen-bond donors (Lipinski definition) is 1. The lowest BCUT2D eigenvalue weighted by Crippen LogP contribution is -2.32. The van der Waals surface area contributed by atoms with Gasteiger partial charge in [-0.1, -0.05) is 91.0 Å². The molecule has 26 heavy (non-hydrogen) atoms. The van der Waals surface area contributed by atoms with Crippen molar-refractivity contribution in [2.75, 3.05) is 11.5 Å². The van der Waals surface area contributed by atoms with Gasteiger partial charge in [-0.2, -0.15) is 11.8 Å². The van der Waals surface area contributed by atoms with E-state index < -0.39 is 0 Å². The average Bonchev–Trinajstić information content (AvgIpc) is 3.12. The molecular formula is C23H22OS2. The van der Waals surface area contributed by atoms with E-state index in [1.54, 1.807) is 0 Å². The van der Waals surface area contributed by atoms with Gasteiger partial charge < -0.3 is 5.11 Å². The summed E-state index contributed by atoms with van der Waals surface area (Å²) in [6.45, 7) is 0. The molecule has 0 amide bonds. The molecule has 0 radical (unpaired) electrons. The molecule has 1 aliphatic heterocycles. The van der Waals surface area contributed by atoms with E-state index in [2.05, 4.69) is 91.0 Å². The molecule has 0 aliphatic carbocycles. The standard InChI is InChI=1S/C23H22OS2/c24-21-16-25-17-22(21)26-23(18-10-4-1-5-11-18,19-12-6-2-7-13-19)20-14-8-3-9-15-20/h1-15,21-22,24H,16-17H2. The van der Waals surface area contributed by atoms with E-state index >= 15 is 0 Å². The number of aliphatic hydroxyl groups is 1. The van der Waals surface area contributed by atoms with Crippen molar-refractivity contribution in [1.82, 2.24) is 0 Å². The lowest BCUT2D eigenvalue weighted by molar-refractivity contribution is 0.207. The van der Waals surface area contributed by atoms with Crippen molar-refractivity contribution in [2.24, 2.45) is 0 Å². The fraction of sp³-hybridized carbons (Fsp3) is 0.217. The third kappa shape index (κ3) is 3.32. The van der Waals surface area contributed by atoms with Crippen LogP contribution in [0.1, 0.15) is 16.7 Å². The zero-order valence-electron chi connectivity index (χ0n) is 14.5. The van der Waals surface area contributed by atoms with Crippen LogP contribution in [0.2, 0.25) is 0 Å². The maximum absolute atomic E-state index is 10.6. The minimum Gasteiger partial charge on any atom is -0.391 e. The largest absolute Gasteiger partial charge is 0.391 e. The first-order valence-corrected chi connectivity index (χ1v) is 10.9. The molecular weight excluding hydrogens is 356 g/mol. The van der Waals surface area contributed by atoms with Gasteiger partial charge in [0.05, 0.1) is 10.9 Å². The Hall–Kier alpha value is -1.68. The van der Waals surface area contributed by atoms with E-state index in [9.17, 15) is 5.11 Å². The molecule has 132 valence electrons. The minimum absolute atomic E-state index is 0.209. The Morgan fingerprint density at radius 1 is 0.692 bits per heavy atom. The molecule has 3 aromatic carbocycles. The van der Waals surface area contributed by atoms with Crippen LogP contribution in [0.5, 0.6) is 0 Å². The van der Waals surface area contributed by atoms with Gasteiger partial charge in [-0.3, -0.25) is 0 Å². The highest BCUT2D eigenvalue weighted by molar-refractivity contribution is 8.05. The van der Waals surface area contributed by atoms with Gasteiger partial charge in [-0.15, -0.1) is 11.8 Å². The molecule has 0 spiro atoms. The topological polar surface area (TPSA) is 20.2 Å². The van der Waals surface area contributed by atoms with Gasteiger partial charge in [0.2, 0.25) is 0 Å². The van der Waals surface area contributed by atoms with Crippen molar-refractivity contribution in [3.05, 3.63) is 108 Å². The van der Waals surface area contributed by atoms with E-state index in [1.807, 2.05) is 23.5 Å². The molecule has 1 fully saturated rings. The Morgan fingerprint density at radius 3 is 1.46 bits per heavy atom. The molecule has 4 rings (SSSR count). The van der Waals surface area contributed by atoms with Crippen molar-refractivity contribution >= 4 is 23.5 Å². The van der Waals surface area contributed by atoms with E-state index in [4.69, 9.17) is 0 Å². The van der Waals surface area contributed by atoms with Gasteiger partial charge >= 0.3 is 0 Å². The summed E-state index contributed by atoms with van der Waals surface area (Å²) < 4.78 is -0.333. The fourth-order valence-electron chi connectivity index (χ4n) is 3.59. The third-order valence-electron chi connectivity index (χ3n) is 4.87. The summed E-state index contributed by atoms with van der Waals surface area (Å²) in [5.74, 6) is 1.81. The van der Waals surface area contributed by atoms with Gasteiger partial charge in [-0.05, 0) is 16.7 Å². The van der Waals surface area contributed by atoms with Gasteiger partial charge in [0.15, 0.2) is 0 Å². The van der Waals surface area contributed by atoms with Crippen LogP contribution in [0.3, 0.4) is 0 Å². The second kappa shape index (κ2) is 7.91. The summed E-state index contributed by atoms with van der Waals surface area (Å²) in [6.07, 6.45) is -0.263. The van der Waals surface area contributed by atoms with Crippen molar-refractivity contribution in [3.63, 3.8) is 0 Å². The first kappa shape index (κ1) is 17.7. The summed E-state index contributed by atoms with van der Waals surface area (Å²) in [7, 11) is 0. The number of hydrogen-bond acceptors (Lipinski definition) is 3. The molecule has 0 aromatic heterocycles. The van der Waals surface area contributed by atoms with Crippen LogP contribution < -0.4 is 0 Å². The van der Waals surface area contributed by atoms with E-state index in [0.717, 1.165) is 11.5 Å². The minimum atomic E-state index is -0.333. The van der Waals surface area contributed by atoms with Crippen molar-refractivity contribution < 1.29 is 5.11 Å². The number of aliphatic hydroxyl groups excluding tert-OH is 1. The second-order valence-electron chi connectivity index (χ2n) is 6.54. The maximum atomic E-state index is 10.6. The lowest BCUT2D eigenvalue weighted by Gasteiger charge is -2.38. The zero-order valence-corrected chi connectivity index (χ0v) is 16.1. The van der Waals surface area contributed by atoms with Crippen LogP contribution in [0, 0.1) is 0 Å². The SMILES string of the molecule is OC1CSCC1SC(c1ccccc1)(c1ccccc1)c1ccccc1. The predicted molar refractivity (Wildman–Crippen MR) is 114 cm³/mol. The van der Waals surface area contributed by atoms with Crippen LogP contribution >= 0.6 is 23.5 Å². The zero-order chi connectivity index (χ0) is 17.8. The Bertz CT molecular complexity index is 724. The molecule has 3 heteroatoms. The Balaban J connectivity index is 1.94. The molecule has 2 atom stereocenters. The first-order valence-electron chi connectivity index (χ1n) is 8.91. The molecule has 0 saturated carbocycles. The van der Waals surface area contributed by atoms with Gasteiger partial charge in [0.1, 0.15) is 0 Å². The summed E-state index contributed by atoms with van der Waals surface area (Å²) in [5, 5.41) is 10.8. The Kier molecular flexibility index (Phi) is 5.39. The van der Waals surface area contributed by atoms with E-state index in [0.29, 0.717) is 0 Å². The van der Waals surface area contributed by atoms with Crippen LogP contribution in [0.25, 0.3) is 0 Å². The molecule has 2 unspecified atom stereocenters. The van der Waals surface area contributed by atoms with Crippen LogP contribution in [0.4, 0.5) is 0 Å². The molecule has 1 aliphatic rings. The van der Waals surface area contributed by atoms with Crippen molar-refractivity contribution in [3.8, 4) is 0 Å². The molecule has 1 nitrogen and oxygen atoms in total. The van der Waals surface area contributed by atoms with Gasteiger partial charge in [-0.25, -0.2) is 0 Å². The Morgan fingerprint density at radius 2 is 1.12 bits per heavy atom. The number of benzene rings is 3. The second-order valence-corrected chi connectivity index (χ2v) is 9.07. The van der Waals surface area contributed by atoms with Crippen LogP contribution in [-0.4, -0.2) is 28.0 Å². The highest BCUT2D eigenvalue weighted by Gasteiger charge is 2.42. The quantitative estimate of drug-likeness (QED) is 0.617. The average molecular weight is 379 g/mol. The highest BCUT2D eigenvalue weighted by atomic mass is 32.2. The fourth-order valence-corrected chi connectivity index (χ4v) is 6.86. The van der Waals surface area contributed by atoms with Gasteiger partial charge in [0, 0.05) is 16.8 Å². The predicted octanol–water partition coefficient (Wildman–Crippen LogP) is 5.19. The molecule has 1 heterocycles. The van der Waals surface area contributed by atoms with Gasteiger partial charge in [0.25, 0.3) is 0 Å². The number of thioether (sulfide) groups is 2. The van der Waals surface area contributed by atoms with Crippen LogP contribution in [0.15, 0.2) is 91.0 Å². The lowest BCUT2D eigenvalue weighted by atomic mass is 9.84. The van der Waals surface area contributed by atoms with Crippen LogP contribution in [-0.2, 0) is 4.75 Å². The van der Waals surface area contributed by atoms with Crippen molar-refractivity contribution in [2.45, 2.75) is 16.1 Å². The summed E-state index contributed by atoms with van der Waals surface area (Å²) >= 11 is 3.74. The number of rotatable bonds is 5. The van der Waals surface area contributed by atoms with E-state index in [1.165, 1.54) is 16.7 Å². The molecule has 1 saturated heterocycles. The monoisotopic (exact) mass is 378 g/mol. The molecule has 1 N–H and O–H groups in total. The first-order chi connectivity index (χ1) is 12.8. The smallest absolute Gasteiger partial charge is 0.0910 e. The summed E-state index contributed by atoms with van der Waals surface area (Å²) in [4.78, 5) is 0. The van der Waals surface area contributed by atoms with E-state index in [-0.39, 0.29) is 16.1 Å². The maximum Gasteiger partial charge on any atom is 0.0910 e. The summed E-state index contributed by atoms with van der Waals surface area (Å²) in [6, 6.07) is 32.1. The normalized spacial score (nSPS) is 20.2. The third-order valence-corrected chi connectivity index (χ3v) is 8.10. The summed E-state index contributed by atoms with van der Waals surface area (Å²) in [5.41, 5.74) is 3.77. The molecule has 3 aromatic rings. The van der Waals surface area contributed by atoms with Crippen molar-refractivity contribution in [1.29, 1.82) is 0 Å². The highest BCUT2D eigenvalue weighted by Crippen LogP contribution is 2.52. The molecule has 0 bridgehead atoms.